The number of hydrogen-bond donors (Lipinski definition) is 3. The molecule has 0 spiro atoms. The molecule has 1 aromatic carbocycles. The molecule has 1 amide bonds. The first-order valence-corrected chi connectivity index (χ1v) is 8.42. The van der Waals surface area contributed by atoms with Gasteiger partial charge in [0.15, 0.2) is 0 Å². The first kappa shape index (κ1) is 18.4. The Morgan fingerprint density at radius 1 is 1.27 bits per heavy atom. The second kappa shape index (κ2) is 7.57. The first-order chi connectivity index (χ1) is 10.1. The average Bonchev–Trinajstić information content (AvgIpc) is 2.35. The Balaban J connectivity index is 2.33. The van der Waals surface area contributed by atoms with E-state index in [-0.39, 0.29) is 4.90 Å². The fourth-order valence-electron chi connectivity index (χ4n) is 1.63. The van der Waals surface area contributed by atoms with Crippen molar-refractivity contribution < 1.29 is 17.9 Å². The van der Waals surface area contributed by atoms with Gasteiger partial charge in [0.05, 0.1) is 4.90 Å². The number of benzene rings is 1. The number of primary sulfonamides is 1. The molecule has 0 saturated heterocycles. The van der Waals surface area contributed by atoms with Crippen LogP contribution in [0.2, 0.25) is 0 Å². The summed E-state index contributed by atoms with van der Waals surface area (Å²) in [4.78, 5) is 11.5. The summed E-state index contributed by atoms with van der Waals surface area (Å²) in [5, 5.41) is 10.8. The molecule has 0 aliphatic heterocycles. The zero-order valence-corrected chi connectivity index (χ0v) is 13.9. The summed E-state index contributed by atoms with van der Waals surface area (Å²) in [7, 11) is -3.69. The minimum Gasteiger partial charge on any atom is -0.444 e. The molecule has 1 rings (SSSR count). The molecule has 1 aromatic rings. The van der Waals surface area contributed by atoms with Crippen LogP contribution >= 0.6 is 0 Å². The van der Waals surface area contributed by atoms with Crippen LogP contribution in [0.25, 0.3) is 0 Å². The van der Waals surface area contributed by atoms with Gasteiger partial charge in [-0.2, -0.15) is 0 Å². The molecule has 4 N–H and O–H groups in total. The number of alkyl carbamates (subject to hydrolysis) is 1. The lowest BCUT2D eigenvalue weighted by molar-refractivity contribution is 0.0528. The summed E-state index contributed by atoms with van der Waals surface area (Å²) >= 11 is 0. The van der Waals surface area contributed by atoms with Gasteiger partial charge in [0.2, 0.25) is 10.0 Å². The summed E-state index contributed by atoms with van der Waals surface area (Å²) in [6, 6.07) is 6.39. The Hall–Kier alpha value is -1.64. The highest BCUT2D eigenvalue weighted by Gasteiger charge is 2.15. The van der Waals surface area contributed by atoms with Crippen molar-refractivity contribution in [2.24, 2.45) is 5.14 Å². The Bertz CT molecular complexity index is 609. The van der Waals surface area contributed by atoms with E-state index < -0.39 is 21.7 Å². The number of carbonyl (C=O) groups excluding carboxylic acids is 1. The summed E-state index contributed by atoms with van der Waals surface area (Å²) < 4.78 is 27.6. The normalized spacial score (nSPS) is 12.0. The zero-order valence-electron chi connectivity index (χ0n) is 13.0. The highest BCUT2D eigenvalue weighted by Crippen LogP contribution is 2.09. The molecule has 22 heavy (non-hydrogen) atoms. The summed E-state index contributed by atoms with van der Waals surface area (Å²) in [6.07, 6.45) is -0.467. The standard InChI is InChI=1S/C14H23N3O4S/c1-14(2,3)21-13(18)17-8-7-16-10-11-5-4-6-12(9-11)22(15,19)20/h4-6,9,16H,7-8,10H2,1-3H3,(H,17,18)(H2,15,19,20). The molecule has 0 aromatic heterocycles. The number of rotatable bonds is 6. The minimum absolute atomic E-state index is 0.0821. The Morgan fingerprint density at radius 2 is 1.95 bits per heavy atom. The van der Waals surface area contributed by atoms with Crippen LogP contribution in [0.3, 0.4) is 0 Å². The van der Waals surface area contributed by atoms with E-state index in [0.29, 0.717) is 19.6 Å². The van der Waals surface area contributed by atoms with Crippen molar-refractivity contribution in [3.8, 4) is 0 Å². The molecule has 0 saturated carbocycles. The number of nitrogens with two attached hydrogens (primary N) is 1. The summed E-state index contributed by atoms with van der Waals surface area (Å²) in [6.45, 7) is 6.79. The van der Waals surface area contributed by atoms with Crippen molar-refractivity contribution in [1.82, 2.24) is 10.6 Å². The van der Waals surface area contributed by atoms with Gasteiger partial charge in [-0.15, -0.1) is 0 Å². The molecular weight excluding hydrogens is 306 g/mol. The predicted molar refractivity (Wildman–Crippen MR) is 83.8 cm³/mol. The van der Waals surface area contributed by atoms with Gasteiger partial charge >= 0.3 is 6.09 Å². The average molecular weight is 329 g/mol. The van der Waals surface area contributed by atoms with Crippen LogP contribution in [-0.2, 0) is 21.3 Å². The van der Waals surface area contributed by atoms with Crippen LogP contribution in [0.4, 0.5) is 4.79 Å². The molecule has 0 radical (unpaired) electrons. The number of hydrogen-bond acceptors (Lipinski definition) is 5. The van der Waals surface area contributed by atoms with Gasteiger partial charge in [0, 0.05) is 19.6 Å². The second-order valence-corrected chi connectivity index (χ2v) is 7.36. The fourth-order valence-corrected chi connectivity index (χ4v) is 2.22. The molecule has 124 valence electrons. The number of ether oxygens (including phenoxy) is 1. The third-order valence-electron chi connectivity index (χ3n) is 2.53. The van der Waals surface area contributed by atoms with Crippen molar-refractivity contribution in [1.29, 1.82) is 0 Å². The largest absolute Gasteiger partial charge is 0.444 e. The lowest BCUT2D eigenvalue weighted by Gasteiger charge is -2.19. The molecule has 0 heterocycles. The van der Waals surface area contributed by atoms with Crippen LogP contribution in [0.15, 0.2) is 29.2 Å². The third-order valence-corrected chi connectivity index (χ3v) is 3.44. The first-order valence-electron chi connectivity index (χ1n) is 6.87. The van der Waals surface area contributed by atoms with Crippen LogP contribution in [0.5, 0.6) is 0 Å². The quantitative estimate of drug-likeness (QED) is 0.673. The Kier molecular flexibility index (Phi) is 6.34. The number of sulfonamides is 1. The van der Waals surface area contributed by atoms with E-state index in [1.807, 2.05) is 0 Å². The van der Waals surface area contributed by atoms with Crippen molar-refractivity contribution in [3.63, 3.8) is 0 Å². The lowest BCUT2D eigenvalue weighted by Crippen LogP contribution is -2.36. The van der Waals surface area contributed by atoms with Gasteiger partial charge in [0.1, 0.15) is 5.60 Å². The number of carbonyl (C=O) groups is 1. The van der Waals surface area contributed by atoms with Crippen LogP contribution in [0, 0.1) is 0 Å². The molecule has 0 fully saturated rings. The zero-order chi connectivity index (χ0) is 16.8. The van der Waals surface area contributed by atoms with Gasteiger partial charge in [-0.25, -0.2) is 18.4 Å². The van der Waals surface area contributed by atoms with E-state index in [1.54, 1.807) is 32.9 Å². The molecule has 0 aliphatic carbocycles. The molecule has 7 nitrogen and oxygen atoms in total. The topological polar surface area (TPSA) is 111 Å². The SMILES string of the molecule is CC(C)(C)OC(=O)NCCNCc1cccc(S(N)(=O)=O)c1. The smallest absolute Gasteiger partial charge is 0.407 e. The molecule has 0 bridgehead atoms. The molecule has 0 aliphatic rings. The number of amides is 1. The maximum Gasteiger partial charge on any atom is 0.407 e. The van der Waals surface area contributed by atoms with Crippen molar-refractivity contribution in [3.05, 3.63) is 29.8 Å². The van der Waals surface area contributed by atoms with Gasteiger partial charge in [-0.05, 0) is 38.5 Å². The maximum absolute atomic E-state index is 11.4. The Labute approximate surface area is 131 Å². The second-order valence-electron chi connectivity index (χ2n) is 5.80. The maximum atomic E-state index is 11.4. The highest BCUT2D eigenvalue weighted by atomic mass is 32.2. The van der Waals surface area contributed by atoms with E-state index in [2.05, 4.69) is 10.6 Å². The molecule has 8 heteroatoms. The van der Waals surface area contributed by atoms with Gasteiger partial charge in [-0.3, -0.25) is 0 Å². The van der Waals surface area contributed by atoms with E-state index in [4.69, 9.17) is 9.88 Å². The van der Waals surface area contributed by atoms with Crippen LogP contribution < -0.4 is 15.8 Å². The molecule has 0 unspecified atom stereocenters. The lowest BCUT2D eigenvalue weighted by atomic mass is 10.2. The minimum atomic E-state index is -3.69. The molecule has 0 atom stereocenters. The Morgan fingerprint density at radius 3 is 2.55 bits per heavy atom. The van der Waals surface area contributed by atoms with E-state index in [0.717, 1.165) is 5.56 Å². The van der Waals surface area contributed by atoms with Crippen molar-refractivity contribution in [2.45, 2.75) is 37.8 Å². The highest BCUT2D eigenvalue weighted by molar-refractivity contribution is 7.89. The van der Waals surface area contributed by atoms with E-state index in [1.165, 1.54) is 12.1 Å². The van der Waals surface area contributed by atoms with Gasteiger partial charge in [-0.1, -0.05) is 12.1 Å². The predicted octanol–water partition coefficient (Wildman–Crippen LogP) is 0.948. The fraction of sp³-hybridized carbons (Fsp3) is 0.500. The summed E-state index contributed by atoms with van der Waals surface area (Å²) in [5.74, 6) is 0. The van der Waals surface area contributed by atoms with Crippen LogP contribution in [0.1, 0.15) is 26.3 Å². The van der Waals surface area contributed by atoms with E-state index >= 15 is 0 Å². The van der Waals surface area contributed by atoms with E-state index in [9.17, 15) is 13.2 Å². The third kappa shape index (κ3) is 7.39. The summed E-state index contributed by atoms with van der Waals surface area (Å²) in [5.41, 5.74) is 0.273. The number of nitrogens with one attached hydrogen (secondary N) is 2. The molecular formula is C14H23N3O4S. The van der Waals surface area contributed by atoms with Gasteiger partial charge < -0.3 is 15.4 Å². The van der Waals surface area contributed by atoms with Crippen LogP contribution in [-0.4, -0.2) is 33.2 Å². The monoisotopic (exact) mass is 329 g/mol. The van der Waals surface area contributed by atoms with Crippen molar-refractivity contribution >= 4 is 16.1 Å². The van der Waals surface area contributed by atoms with Gasteiger partial charge in [0.25, 0.3) is 0 Å². The van der Waals surface area contributed by atoms with Crippen molar-refractivity contribution in [2.75, 3.05) is 13.1 Å².